The third-order valence-electron chi connectivity index (χ3n) is 3.03. The van der Waals surface area contributed by atoms with Gasteiger partial charge in [0.15, 0.2) is 0 Å². The van der Waals surface area contributed by atoms with Crippen LogP contribution >= 0.6 is 0 Å². The van der Waals surface area contributed by atoms with E-state index in [1.54, 1.807) is 18.3 Å². The van der Waals surface area contributed by atoms with E-state index in [4.69, 9.17) is 9.84 Å². The molecule has 0 spiro atoms. The Morgan fingerprint density at radius 3 is 2.90 bits per heavy atom. The Bertz CT molecular complexity index is 587. The zero-order valence-electron chi connectivity index (χ0n) is 11.8. The molecule has 0 amide bonds. The number of rotatable bonds is 7. The Kier molecular flexibility index (Phi) is 5.29. The molecule has 1 aromatic heterocycles. The number of ether oxygens (including phenoxy) is 1. The first-order valence-corrected chi connectivity index (χ1v) is 6.77. The number of hydrogen-bond acceptors (Lipinski definition) is 4. The summed E-state index contributed by atoms with van der Waals surface area (Å²) in [5.41, 5.74) is 1.20. The molecule has 0 radical (unpaired) electrons. The van der Waals surface area contributed by atoms with Gasteiger partial charge in [0.05, 0.1) is 11.3 Å². The number of carboxylic acids is 1. The van der Waals surface area contributed by atoms with E-state index in [-0.39, 0.29) is 11.6 Å². The Morgan fingerprint density at radius 2 is 2.19 bits per heavy atom. The molecule has 0 fully saturated rings. The van der Waals surface area contributed by atoms with E-state index in [0.29, 0.717) is 18.9 Å². The van der Waals surface area contributed by atoms with Crippen molar-refractivity contribution in [3.8, 4) is 5.75 Å². The van der Waals surface area contributed by atoms with Gasteiger partial charge in [-0.3, -0.25) is 4.98 Å². The lowest BCUT2D eigenvalue weighted by molar-refractivity contribution is 0.0696. The molecule has 0 aliphatic carbocycles. The predicted molar refractivity (Wildman–Crippen MR) is 79.6 cm³/mol. The molecule has 0 bridgehead atoms. The van der Waals surface area contributed by atoms with Crippen molar-refractivity contribution in [3.63, 3.8) is 0 Å². The van der Waals surface area contributed by atoms with Gasteiger partial charge >= 0.3 is 5.97 Å². The lowest BCUT2D eigenvalue weighted by atomic mass is 10.2. The molecule has 0 aliphatic rings. The lowest BCUT2D eigenvalue weighted by Gasteiger charge is -2.13. The number of carbonyl (C=O) groups is 1. The average molecular weight is 286 g/mol. The van der Waals surface area contributed by atoms with Crippen molar-refractivity contribution < 1.29 is 14.6 Å². The highest BCUT2D eigenvalue weighted by Crippen LogP contribution is 2.13. The standard InChI is InChI=1S/C16H18N2O3/c1-12(15-7-2-3-8-18-15)17-9-10-21-14-6-4-5-13(11-14)16(19)20/h2-8,11-12,17H,9-10H2,1H3,(H,19,20)/t12-/m0/s1. The van der Waals surface area contributed by atoms with Crippen LogP contribution in [0.1, 0.15) is 29.0 Å². The van der Waals surface area contributed by atoms with E-state index in [0.717, 1.165) is 5.69 Å². The first kappa shape index (κ1) is 15.0. The molecule has 21 heavy (non-hydrogen) atoms. The molecule has 2 aromatic rings. The smallest absolute Gasteiger partial charge is 0.335 e. The molecular weight excluding hydrogens is 268 g/mol. The molecule has 1 heterocycles. The lowest BCUT2D eigenvalue weighted by Crippen LogP contribution is -2.24. The van der Waals surface area contributed by atoms with Gasteiger partial charge in [0.1, 0.15) is 12.4 Å². The zero-order chi connectivity index (χ0) is 15.1. The van der Waals surface area contributed by atoms with Crippen LogP contribution < -0.4 is 10.1 Å². The van der Waals surface area contributed by atoms with Crippen LogP contribution in [0.4, 0.5) is 0 Å². The normalized spacial score (nSPS) is 11.9. The van der Waals surface area contributed by atoms with Crippen LogP contribution in [-0.4, -0.2) is 29.2 Å². The van der Waals surface area contributed by atoms with E-state index in [9.17, 15) is 4.79 Å². The molecule has 0 aliphatic heterocycles. The van der Waals surface area contributed by atoms with Crippen molar-refractivity contribution in [1.82, 2.24) is 10.3 Å². The van der Waals surface area contributed by atoms with Crippen molar-refractivity contribution in [1.29, 1.82) is 0 Å². The summed E-state index contributed by atoms with van der Waals surface area (Å²) in [6.07, 6.45) is 1.77. The highest BCUT2D eigenvalue weighted by Gasteiger charge is 2.06. The number of nitrogens with one attached hydrogen (secondary N) is 1. The topological polar surface area (TPSA) is 71.5 Å². The monoisotopic (exact) mass is 286 g/mol. The SMILES string of the molecule is C[C@H](NCCOc1cccc(C(=O)O)c1)c1ccccn1. The minimum Gasteiger partial charge on any atom is -0.492 e. The molecule has 2 rings (SSSR count). The Balaban J connectivity index is 1.77. The largest absolute Gasteiger partial charge is 0.492 e. The third kappa shape index (κ3) is 4.57. The summed E-state index contributed by atoms with van der Waals surface area (Å²) in [6.45, 7) is 3.14. The maximum absolute atomic E-state index is 10.9. The van der Waals surface area contributed by atoms with Crippen LogP contribution in [0.3, 0.4) is 0 Å². The first-order valence-electron chi connectivity index (χ1n) is 6.77. The summed E-state index contributed by atoms with van der Waals surface area (Å²) >= 11 is 0. The third-order valence-corrected chi connectivity index (χ3v) is 3.03. The van der Waals surface area contributed by atoms with Gasteiger partial charge in [-0.2, -0.15) is 0 Å². The molecule has 2 N–H and O–H groups in total. The van der Waals surface area contributed by atoms with E-state index < -0.39 is 5.97 Å². The second kappa shape index (κ2) is 7.40. The summed E-state index contributed by atoms with van der Waals surface area (Å²) < 4.78 is 5.54. The molecule has 0 saturated carbocycles. The summed E-state index contributed by atoms with van der Waals surface area (Å²) in [5, 5.41) is 12.2. The fraction of sp³-hybridized carbons (Fsp3) is 0.250. The van der Waals surface area contributed by atoms with Gasteiger partial charge in [-0.05, 0) is 37.3 Å². The Hall–Kier alpha value is -2.40. The quantitative estimate of drug-likeness (QED) is 0.765. The average Bonchev–Trinajstić information content (AvgIpc) is 2.52. The van der Waals surface area contributed by atoms with Crippen LogP contribution in [0, 0.1) is 0 Å². The number of carboxylic acid groups (broad SMARTS) is 1. The zero-order valence-corrected chi connectivity index (χ0v) is 11.8. The second-order valence-corrected chi connectivity index (χ2v) is 4.61. The van der Waals surface area contributed by atoms with Gasteiger partial charge in [-0.15, -0.1) is 0 Å². The van der Waals surface area contributed by atoms with Crippen molar-refractivity contribution in [2.45, 2.75) is 13.0 Å². The van der Waals surface area contributed by atoms with E-state index in [1.807, 2.05) is 25.1 Å². The highest BCUT2D eigenvalue weighted by molar-refractivity contribution is 5.87. The van der Waals surface area contributed by atoms with E-state index >= 15 is 0 Å². The Morgan fingerprint density at radius 1 is 1.33 bits per heavy atom. The van der Waals surface area contributed by atoms with Crippen LogP contribution in [0.15, 0.2) is 48.7 Å². The van der Waals surface area contributed by atoms with Gasteiger partial charge in [0.25, 0.3) is 0 Å². The van der Waals surface area contributed by atoms with E-state index in [1.165, 1.54) is 12.1 Å². The summed E-state index contributed by atoms with van der Waals surface area (Å²) in [5.74, 6) is -0.399. The number of benzene rings is 1. The van der Waals surface area contributed by atoms with Crippen molar-refractivity contribution in [2.75, 3.05) is 13.2 Å². The molecule has 5 heteroatoms. The van der Waals surface area contributed by atoms with Crippen molar-refractivity contribution in [3.05, 3.63) is 59.9 Å². The molecule has 5 nitrogen and oxygen atoms in total. The van der Waals surface area contributed by atoms with Crippen LogP contribution in [0.2, 0.25) is 0 Å². The fourth-order valence-corrected chi connectivity index (χ4v) is 1.90. The summed E-state index contributed by atoms with van der Waals surface area (Å²) in [7, 11) is 0. The van der Waals surface area contributed by atoms with Gasteiger partial charge in [-0.1, -0.05) is 12.1 Å². The molecule has 0 saturated heterocycles. The number of hydrogen-bond donors (Lipinski definition) is 2. The van der Waals surface area contributed by atoms with Crippen LogP contribution in [0.5, 0.6) is 5.75 Å². The second-order valence-electron chi connectivity index (χ2n) is 4.61. The fourth-order valence-electron chi connectivity index (χ4n) is 1.90. The van der Waals surface area contributed by atoms with Gasteiger partial charge in [0, 0.05) is 18.8 Å². The Labute approximate surface area is 123 Å². The molecule has 110 valence electrons. The first-order chi connectivity index (χ1) is 10.2. The molecule has 1 atom stereocenters. The molecular formula is C16H18N2O3. The summed E-state index contributed by atoms with van der Waals surface area (Å²) in [4.78, 5) is 15.1. The maximum Gasteiger partial charge on any atom is 0.335 e. The van der Waals surface area contributed by atoms with Gasteiger partial charge < -0.3 is 15.2 Å². The number of aromatic nitrogens is 1. The van der Waals surface area contributed by atoms with Gasteiger partial charge in [0.2, 0.25) is 0 Å². The van der Waals surface area contributed by atoms with Crippen molar-refractivity contribution >= 4 is 5.97 Å². The maximum atomic E-state index is 10.9. The molecule has 1 aromatic carbocycles. The predicted octanol–water partition coefficient (Wildman–Crippen LogP) is 2.51. The van der Waals surface area contributed by atoms with Gasteiger partial charge in [-0.25, -0.2) is 4.79 Å². The van der Waals surface area contributed by atoms with Crippen LogP contribution in [0.25, 0.3) is 0 Å². The summed E-state index contributed by atoms with van der Waals surface area (Å²) in [6, 6.07) is 12.4. The molecule has 0 unspecified atom stereocenters. The van der Waals surface area contributed by atoms with Crippen LogP contribution in [-0.2, 0) is 0 Å². The minimum absolute atomic E-state index is 0.139. The van der Waals surface area contributed by atoms with Crippen molar-refractivity contribution in [2.24, 2.45) is 0 Å². The number of aromatic carboxylic acids is 1. The number of nitrogens with zero attached hydrogens (tertiary/aromatic N) is 1. The number of pyridine rings is 1. The minimum atomic E-state index is -0.956. The van der Waals surface area contributed by atoms with E-state index in [2.05, 4.69) is 10.3 Å². The highest BCUT2D eigenvalue weighted by atomic mass is 16.5.